The second-order valence-electron chi connectivity index (χ2n) is 4.87. The van der Waals surface area contributed by atoms with Crippen molar-refractivity contribution in [3.05, 3.63) is 45.3 Å². The van der Waals surface area contributed by atoms with Crippen LogP contribution in [0.1, 0.15) is 12.8 Å². The normalized spacial score (nSPS) is 11.6. The minimum Gasteiger partial charge on any atom is -0.340 e. The maximum Gasteiger partial charge on any atom is 0.0492 e. The van der Waals surface area contributed by atoms with Gasteiger partial charge in [0.25, 0.3) is 0 Å². The van der Waals surface area contributed by atoms with Gasteiger partial charge in [0.1, 0.15) is 0 Å². The van der Waals surface area contributed by atoms with Gasteiger partial charge in [-0.1, -0.05) is 54.5 Å². The molecule has 0 N–H and O–H groups in total. The van der Waals surface area contributed by atoms with Gasteiger partial charge in [0.05, 0.1) is 0 Å². The van der Waals surface area contributed by atoms with Crippen LogP contribution < -0.4 is 0 Å². The summed E-state index contributed by atoms with van der Waals surface area (Å²) in [7, 11) is 0. The largest absolute Gasteiger partial charge is 0.340 e. The fraction of sp³-hybridized carbons (Fsp3) is 0.250. The first-order valence-electron chi connectivity index (χ1n) is 6.63. The molecular formula is C16H14Br2IN. The van der Waals surface area contributed by atoms with Crippen LogP contribution in [0.25, 0.3) is 21.8 Å². The molecule has 0 amide bonds. The van der Waals surface area contributed by atoms with Gasteiger partial charge in [-0.3, -0.25) is 0 Å². The Bertz CT molecular complexity index is 705. The minimum absolute atomic E-state index is 1.09. The lowest BCUT2D eigenvalue weighted by Crippen LogP contribution is -1.97. The van der Waals surface area contributed by atoms with E-state index in [1.165, 1.54) is 39.1 Å². The van der Waals surface area contributed by atoms with E-state index in [0.29, 0.717) is 0 Å². The molecule has 1 aromatic heterocycles. The summed E-state index contributed by atoms with van der Waals surface area (Å²) in [5.41, 5.74) is 2.66. The van der Waals surface area contributed by atoms with Crippen molar-refractivity contribution in [2.75, 3.05) is 4.43 Å². The van der Waals surface area contributed by atoms with E-state index < -0.39 is 0 Å². The highest BCUT2D eigenvalue weighted by Crippen LogP contribution is 2.33. The molecule has 0 aliphatic heterocycles. The van der Waals surface area contributed by atoms with Crippen molar-refractivity contribution < 1.29 is 0 Å². The zero-order valence-corrected chi connectivity index (χ0v) is 16.2. The molecule has 0 fully saturated rings. The SMILES string of the molecule is Brc1ccc2c(c1)c1cc(Br)ccc1n2CCCCI. The molecule has 0 saturated heterocycles. The summed E-state index contributed by atoms with van der Waals surface area (Å²) in [4.78, 5) is 0. The minimum atomic E-state index is 1.09. The lowest BCUT2D eigenvalue weighted by Gasteiger charge is -2.06. The van der Waals surface area contributed by atoms with E-state index in [9.17, 15) is 0 Å². The Morgan fingerprint density at radius 3 is 1.90 bits per heavy atom. The monoisotopic (exact) mass is 505 g/mol. The van der Waals surface area contributed by atoms with Crippen LogP contribution in [-0.2, 0) is 6.54 Å². The van der Waals surface area contributed by atoms with Crippen molar-refractivity contribution in [2.45, 2.75) is 19.4 Å². The molecule has 0 aliphatic carbocycles. The molecular weight excluding hydrogens is 493 g/mol. The predicted octanol–water partition coefficient (Wildman–Crippen LogP) is 6.53. The molecule has 0 spiro atoms. The Labute approximate surface area is 149 Å². The number of hydrogen-bond acceptors (Lipinski definition) is 0. The molecule has 4 heteroatoms. The summed E-state index contributed by atoms with van der Waals surface area (Å²) in [5.74, 6) is 0. The van der Waals surface area contributed by atoms with Crippen molar-refractivity contribution in [3.8, 4) is 0 Å². The standard InChI is InChI=1S/C16H14Br2IN/c17-11-3-5-15-13(9-11)14-10-12(18)4-6-16(14)20(15)8-2-1-7-19/h3-6,9-10H,1-2,7-8H2. The van der Waals surface area contributed by atoms with Gasteiger partial charge in [-0.15, -0.1) is 0 Å². The number of halogens is 3. The number of rotatable bonds is 4. The molecule has 2 aromatic carbocycles. The third-order valence-electron chi connectivity index (χ3n) is 3.55. The smallest absolute Gasteiger partial charge is 0.0492 e. The molecule has 0 bridgehead atoms. The third-order valence-corrected chi connectivity index (χ3v) is 5.30. The van der Waals surface area contributed by atoms with Crippen LogP contribution in [-0.4, -0.2) is 8.99 Å². The molecule has 104 valence electrons. The summed E-state index contributed by atoms with van der Waals surface area (Å²) in [6, 6.07) is 13.1. The number of fused-ring (bicyclic) bond motifs is 3. The van der Waals surface area contributed by atoms with Crippen LogP contribution in [0, 0.1) is 0 Å². The Kier molecular flexibility index (Phi) is 4.72. The first kappa shape index (κ1) is 14.9. The first-order valence-corrected chi connectivity index (χ1v) is 9.75. The highest BCUT2D eigenvalue weighted by atomic mass is 127. The predicted molar refractivity (Wildman–Crippen MR) is 103 cm³/mol. The van der Waals surface area contributed by atoms with Crippen molar-refractivity contribution in [1.29, 1.82) is 0 Å². The van der Waals surface area contributed by atoms with Gasteiger partial charge < -0.3 is 4.57 Å². The van der Waals surface area contributed by atoms with E-state index in [1.54, 1.807) is 0 Å². The number of benzene rings is 2. The van der Waals surface area contributed by atoms with Gasteiger partial charge >= 0.3 is 0 Å². The average Bonchev–Trinajstić information content (AvgIpc) is 2.72. The van der Waals surface area contributed by atoms with E-state index in [4.69, 9.17) is 0 Å². The number of aryl methyl sites for hydroxylation is 1. The topological polar surface area (TPSA) is 4.93 Å². The Hall–Kier alpha value is -0.0700. The molecule has 0 unspecified atom stereocenters. The van der Waals surface area contributed by atoms with Crippen LogP contribution >= 0.6 is 54.5 Å². The van der Waals surface area contributed by atoms with Crippen molar-refractivity contribution >= 4 is 76.3 Å². The lowest BCUT2D eigenvalue weighted by molar-refractivity contribution is 0.672. The zero-order valence-electron chi connectivity index (χ0n) is 10.9. The van der Waals surface area contributed by atoms with Gasteiger partial charge in [0.2, 0.25) is 0 Å². The number of hydrogen-bond donors (Lipinski definition) is 0. The van der Waals surface area contributed by atoms with E-state index in [1.807, 2.05) is 0 Å². The summed E-state index contributed by atoms with van der Waals surface area (Å²) in [6.07, 6.45) is 2.50. The molecule has 0 saturated carbocycles. The lowest BCUT2D eigenvalue weighted by atomic mass is 10.2. The Morgan fingerprint density at radius 2 is 1.40 bits per heavy atom. The van der Waals surface area contributed by atoms with Gasteiger partial charge in [0, 0.05) is 37.3 Å². The quantitative estimate of drug-likeness (QED) is 0.215. The van der Waals surface area contributed by atoms with E-state index in [-0.39, 0.29) is 0 Å². The fourth-order valence-corrected chi connectivity index (χ4v) is 3.92. The molecule has 20 heavy (non-hydrogen) atoms. The second kappa shape index (κ2) is 6.36. The number of aromatic nitrogens is 1. The van der Waals surface area contributed by atoms with Crippen molar-refractivity contribution in [3.63, 3.8) is 0 Å². The average molecular weight is 507 g/mol. The summed E-state index contributed by atoms with van der Waals surface area (Å²) in [6.45, 7) is 1.09. The molecule has 0 radical (unpaired) electrons. The number of alkyl halides is 1. The third kappa shape index (κ3) is 2.79. The van der Waals surface area contributed by atoms with Gasteiger partial charge in [-0.2, -0.15) is 0 Å². The molecule has 0 aliphatic rings. The van der Waals surface area contributed by atoms with Gasteiger partial charge in [0.15, 0.2) is 0 Å². The number of unbranched alkanes of at least 4 members (excludes halogenated alkanes) is 1. The Balaban J connectivity index is 2.23. The van der Waals surface area contributed by atoms with E-state index in [2.05, 4.69) is 95.4 Å². The molecule has 3 rings (SSSR count). The van der Waals surface area contributed by atoms with Crippen LogP contribution in [0.3, 0.4) is 0 Å². The van der Waals surface area contributed by atoms with Crippen LogP contribution in [0.5, 0.6) is 0 Å². The first-order chi connectivity index (χ1) is 9.70. The van der Waals surface area contributed by atoms with Crippen LogP contribution in [0.15, 0.2) is 45.3 Å². The summed E-state index contributed by atoms with van der Waals surface area (Å²) < 4.78 is 5.95. The van der Waals surface area contributed by atoms with Crippen molar-refractivity contribution in [2.24, 2.45) is 0 Å². The van der Waals surface area contributed by atoms with E-state index in [0.717, 1.165) is 15.5 Å². The van der Waals surface area contributed by atoms with Crippen LogP contribution in [0.4, 0.5) is 0 Å². The maximum atomic E-state index is 3.59. The fourth-order valence-electron chi connectivity index (χ4n) is 2.65. The Morgan fingerprint density at radius 1 is 0.850 bits per heavy atom. The summed E-state index contributed by atoms with van der Waals surface area (Å²) >= 11 is 9.63. The highest BCUT2D eigenvalue weighted by Gasteiger charge is 2.11. The highest BCUT2D eigenvalue weighted by molar-refractivity contribution is 14.1. The van der Waals surface area contributed by atoms with Gasteiger partial charge in [-0.05, 0) is 53.7 Å². The zero-order chi connectivity index (χ0) is 14.1. The molecule has 1 heterocycles. The van der Waals surface area contributed by atoms with Crippen LogP contribution in [0.2, 0.25) is 0 Å². The van der Waals surface area contributed by atoms with Gasteiger partial charge in [-0.25, -0.2) is 0 Å². The number of nitrogens with zero attached hydrogens (tertiary/aromatic N) is 1. The second-order valence-corrected chi connectivity index (χ2v) is 7.78. The summed E-state index contributed by atoms with van der Waals surface area (Å²) in [5, 5.41) is 2.65. The molecule has 0 atom stereocenters. The maximum absolute atomic E-state index is 3.59. The van der Waals surface area contributed by atoms with Crippen molar-refractivity contribution in [1.82, 2.24) is 4.57 Å². The molecule has 3 aromatic rings. The van der Waals surface area contributed by atoms with E-state index >= 15 is 0 Å². The molecule has 1 nitrogen and oxygen atoms in total.